The Morgan fingerprint density at radius 2 is 1.88 bits per heavy atom. The Bertz CT molecular complexity index is 538. The molecule has 0 bridgehead atoms. The van der Waals surface area contributed by atoms with Crippen LogP contribution in [0, 0.1) is 5.92 Å². The number of halogens is 1. The Labute approximate surface area is 105 Å². The first-order valence-electron chi connectivity index (χ1n) is 5.25. The van der Waals surface area contributed by atoms with Gasteiger partial charge in [-0.25, -0.2) is 8.42 Å². The molecule has 1 fully saturated rings. The normalized spacial score (nSPS) is 20.9. The molecule has 1 aliphatic rings. The number of anilines is 1. The van der Waals surface area contributed by atoms with Crippen LogP contribution in [-0.4, -0.2) is 20.9 Å². The maximum atomic E-state index is 11.8. The van der Waals surface area contributed by atoms with Crippen LogP contribution in [0.1, 0.15) is 13.3 Å². The van der Waals surface area contributed by atoms with Crippen LogP contribution in [0.4, 0.5) is 5.69 Å². The van der Waals surface area contributed by atoms with E-state index >= 15 is 0 Å². The van der Waals surface area contributed by atoms with Crippen molar-refractivity contribution in [3.8, 4) is 0 Å². The molecule has 1 aromatic rings. The van der Waals surface area contributed by atoms with Gasteiger partial charge in [-0.2, -0.15) is 0 Å². The number of carbonyl (C=O) groups is 1. The topological polar surface area (TPSA) is 54.5 Å². The van der Waals surface area contributed by atoms with E-state index in [9.17, 15) is 13.2 Å². The Balaban J connectivity index is 2.28. The summed E-state index contributed by atoms with van der Waals surface area (Å²) in [6.45, 7) is 2.56. The molecule has 1 saturated heterocycles. The molecule has 1 aliphatic heterocycles. The highest BCUT2D eigenvalue weighted by Crippen LogP contribution is 2.26. The van der Waals surface area contributed by atoms with Crippen molar-refractivity contribution in [2.75, 3.05) is 11.4 Å². The zero-order valence-electron chi connectivity index (χ0n) is 9.26. The summed E-state index contributed by atoms with van der Waals surface area (Å²) < 4.78 is 22.1. The number of rotatable bonds is 2. The third-order valence-electron chi connectivity index (χ3n) is 2.90. The monoisotopic (exact) mass is 273 g/mol. The number of nitrogens with zero attached hydrogens (tertiary/aromatic N) is 1. The van der Waals surface area contributed by atoms with Crippen LogP contribution in [0.25, 0.3) is 0 Å². The van der Waals surface area contributed by atoms with E-state index in [1.165, 1.54) is 12.1 Å². The van der Waals surface area contributed by atoms with Crippen molar-refractivity contribution >= 4 is 31.3 Å². The summed E-state index contributed by atoms with van der Waals surface area (Å²) in [4.78, 5) is 13.5. The lowest BCUT2D eigenvalue weighted by Gasteiger charge is -2.16. The second-order valence-electron chi connectivity index (χ2n) is 4.11. The molecule has 6 heteroatoms. The van der Waals surface area contributed by atoms with Gasteiger partial charge in [-0.15, -0.1) is 0 Å². The quantitative estimate of drug-likeness (QED) is 0.775. The van der Waals surface area contributed by atoms with E-state index in [1.807, 2.05) is 6.92 Å². The van der Waals surface area contributed by atoms with Crippen molar-refractivity contribution in [1.82, 2.24) is 0 Å². The minimum Gasteiger partial charge on any atom is -0.312 e. The van der Waals surface area contributed by atoms with Crippen LogP contribution in [-0.2, 0) is 13.8 Å². The van der Waals surface area contributed by atoms with Gasteiger partial charge in [0.2, 0.25) is 5.91 Å². The van der Waals surface area contributed by atoms with Gasteiger partial charge in [-0.3, -0.25) is 4.79 Å². The zero-order chi connectivity index (χ0) is 12.6. The summed E-state index contributed by atoms with van der Waals surface area (Å²) in [6.07, 6.45) is 0.828. The molecule has 1 heterocycles. The van der Waals surface area contributed by atoms with Crippen molar-refractivity contribution in [2.24, 2.45) is 5.92 Å². The lowest BCUT2D eigenvalue weighted by atomic mass is 10.1. The predicted octanol–water partition coefficient (Wildman–Crippen LogP) is 1.99. The van der Waals surface area contributed by atoms with Gasteiger partial charge in [-0.05, 0) is 30.7 Å². The summed E-state index contributed by atoms with van der Waals surface area (Å²) >= 11 is 0. The lowest BCUT2D eigenvalue weighted by Crippen LogP contribution is -2.26. The third kappa shape index (κ3) is 2.45. The SMILES string of the molecule is CC1CCN(c2ccc(S(=O)(=O)Cl)cc2)C1=O. The molecular formula is C11H12ClNO3S. The summed E-state index contributed by atoms with van der Waals surface area (Å²) in [5.74, 6) is 0.109. The van der Waals surface area contributed by atoms with Crippen LogP contribution in [0.5, 0.6) is 0 Å². The minimum atomic E-state index is -3.70. The van der Waals surface area contributed by atoms with E-state index in [1.54, 1.807) is 17.0 Å². The number of carbonyl (C=O) groups excluding carboxylic acids is 1. The van der Waals surface area contributed by atoms with Gasteiger partial charge in [0.05, 0.1) is 4.90 Å². The van der Waals surface area contributed by atoms with Crippen molar-refractivity contribution in [1.29, 1.82) is 0 Å². The van der Waals surface area contributed by atoms with Crippen molar-refractivity contribution in [3.63, 3.8) is 0 Å². The van der Waals surface area contributed by atoms with E-state index < -0.39 is 9.05 Å². The first-order chi connectivity index (χ1) is 7.89. The lowest BCUT2D eigenvalue weighted by molar-refractivity contribution is -0.119. The molecular weight excluding hydrogens is 262 g/mol. The molecule has 0 N–H and O–H groups in total. The average Bonchev–Trinajstić information content (AvgIpc) is 2.59. The Morgan fingerprint density at radius 3 is 2.29 bits per heavy atom. The maximum absolute atomic E-state index is 11.8. The largest absolute Gasteiger partial charge is 0.312 e. The van der Waals surface area contributed by atoms with Crippen molar-refractivity contribution < 1.29 is 13.2 Å². The standard InChI is InChI=1S/C11H12ClNO3S/c1-8-6-7-13(11(8)14)9-2-4-10(5-3-9)17(12,15)16/h2-5,8H,6-7H2,1H3. The molecule has 1 unspecified atom stereocenters. The fraction of sp³-hybridized carbons (Fsp3) is 0.364. The van der Waals surface area contributed by atoms with Gasteiger partial charge < -0.3 is 4.90 Å². The van der Waals surface area contributed by atoms with Crippen molar-refractivity contribution in [3.05, 3.63) is 24.3 Å². The van der Waals surface area contributed by atoms with Gasteiger partial charge in [0.1, 0.15) is 0 Å². The van der Waals surface area contributed by atoms with E-state index in [0.29, 0.717) is 12.2 Å². The van der Waals surface area contributed by atoms with E-state index in [0.717, 1.165) is 6.42 Å². The molecule has 4 nitrogen and oxygen atoms in total. The Hall–Kier alpha value is -1.07. The van der Waals surface area contributed by atoms with Crippen LogP contribution < -0.4 is 4.90 Å². The number of amides is 1. The van der Waals surface area contributed by atoms with Gasteiger partial charge in [-0.1, -0.05) is 6.92 Å². The van der Waals surface area contributed by atoms with E-state index in [-0.39, 0.29) is 16.7 Å². The van der Waals surface area contributed by atoms with E-state index in [2.05, 4.69) is 0 Å². The molecule has 2 rings (SSSR count). The van der Waals surface area contributed by atoms with Gasteiger partial charge in [0.25, 0.3) is 9.05 Å². The molecule has 1 atom stereocenters. The molecule has 92 valence electrons. The highest BCUT2D eigenvalue weighted by Gasteiger charge is 2.28. The predicted molar refractivity (Wildman–Crippen MR) is 65.6 cm³/mol. The highest BCUT2D eigenvalue weighted by atomic mass is 35.7. The number of hydrogen-bond acceptors (Lipinski definition) is 3. The van der Waals surface area contributed by atoms with Crippen LogP contribution in [0.3, 0.4) is 0 Å². The molecule has 0 radical (unpaired) electrons. The summed E-state index contributed by atoms with van der Waals surface area (Å²) in [5, 5.41) is 0. The fourth-order valence-electron chi connectivity index (χ4n) is 1.87. The first-order valence-corrected chi connectivity index (χ1v) is 7.56. The second kappa shape index (κ2) is 4.31. The minimum absolute atomic E-state index is 0.0337. The third-order valence-corrected chi connectivity index (χ3v) is 4.27. The molecule has 0 spiro atoms. The average molecular weight is 274 g/mol. The Morgan fingerprint density at radius 1 is 1.29 bits per heavy atom. The summed E-state index contributed by atoms with van der Waals surface area (Å²) in [6, 6.07) is 6.03. The fourth-order valence-corrected chi connectivity index (χ4v) is 2.64. The number of benzene rings is 1. The number of hydrogen-bond donors (Lipinski definition) is 0. The second-order valence-corrected chi connectivity index (χ2v) is 6.68. The molecule has 17 heavy (non-hydrogen) atoms. The molecule has 1 aromatic carbocycles. The van der Waals surface area contributed by atoms with E-state index in [4.69, 9.17) is 10.7 Å². The Kier molecular flexibility index (Phi) is 3.14. The highest BCUT2D eigenvalue weighted by molar-refractivity contribution is 8.13. The smallest absolute Gasteiger partial charge is 0.261 e. The summed E-state index contributed by atoms with van der Waals surface area (Å²) in [7, 11) is 1.52. The maximum Gasteiger partial charge on any atom is 0.261 e. The zero-order valence-corrected chi connectivity index (χ0v) is 10.8. The van der Waals surface area contributed by atoms with Gasteiger partial charge >= 0.3 is 0 Å². The van der Waals surface area contributed by atoms with Crippen LogP contribution >= 0.6 is 10.7 Å². The first kappa shape index (κ1) is 12.4. The van der Waals surface area contributed by atoms with Gasteiger partial charge in [0.15, 0.2) is 0 Å². The molecule has 0 aliphatic carbocycles. The van der Waals surface area contributed by atoms with Crippen molar-refractivity contribution in [2.45, 2.75) is 18.2 Å². The van der Waals surface area contributed by atoms with Crippen LogP contribution in [0.15, 0.2) is 29.2 Å². The molecule has 1 amide bonds. The summed E-state index contributed by atoms with van der Waals surface area (Å²) in [5.41, 5.74) is 0.711. The molecule has 0 saturated carbocycles. The molecule has 0 aromatic heterocycles. The van der Waals surface area contributed by atoms with Gasteiger partial charge in [0, 0.05) is 28.8 Å². The van der Waals surface area contributed by atoms with Crippen LogP contribution in [0.2, 0.25) is 0 Å².